The Morgan fingerprint density at radius 2 is 2.23 bits per heavy atom. The summed E-state index contributed by atoms with van der Waals surface area (Å²) in [6.07, 6.45) is 2.57. The summed E-state index contributed by atoms with van der Waals surface area (Å²) in [4.78, 5) is 27.9. The van der Waals surface area contributed by atoms with Gasteiger partial charge in [0.15, 0.2) is 0 Å². The summed E-state index contributed by atoms with van der Waals surface area (Å²) in [5.74, 6) is 1.37. The Bertz CT molecular complexity index is 898. The number of hydrogen-bond acceptors (Lipinski definition) is 5. The van der Waals surface area contributed by atoms with Crippen molar-refractivity contribution in [1.82, 2.24) is 10.3 Å². The number of primary amides is 1. The van der Waals surface area contributed by atoms with Gasteiger partial charge in [-0.05, 0) is 41.8 Å². The van der Waals surface area contributed by atoms with Gasteiger partial charge in [0.2, 0.25) is 11.8 Å². The zero-order valence-corrected chi connectivity index (χ0v) is 14.7. The number of nitrogens with zero attached hydrogens (tertiary/aromatic N) is 1. The van der Waals surface area contributed by atoms with Crippen molar-refractivity contribution < 1.29 is 19.1 Å². The molecule has 0 spiro atoms. The van der Waals surface area contributed by atoms with E-state index in [1.807, 2.05) is 0 Å². The number of amides is 2. The van der Waals surface area contributed by atoms with Crippen molar-refractivity contribution in [1.29, 1.82) is 0 Å². The summed E-state index contributed by atoms with van der Waals surface area (Å²) in [5.41, 5.74) is 5.73. The first-order valence-electron chi connectivity index (χ1n) is 8.69. The van der Waals surface area contributed by atoms with Crippen molar-refractivity contribution in [3.8, 4) is 11.6 Å². The Kier molecular flexibility index (Phi) is 3.94. The van der Waals surface area contributed by atoms with Gasteiger partial charge in [0.1, 0.15) is 12.4 Å². The second-order valence-electron chi connectivity index (χ2n) is 7.08. The minimum absolute atomic E-state index is 0.0000875. The predicted molar refractivity (Wildman–Crippen MR) is 95.0 cm³/mol. The van der Waals surface area contributed by atoms with Crippen LogP contribution in [0.4, 0.5) is 0 Å². The van der Waals surface area contributed by atoms with E-state index in [2.05, 4.69) is 17.2 Å². The van der Waals surface area contributed by atoms with E-state index in [4.69, 9.17) is 15.2 Å². The van der Waals surface area contributed by atoms with Crippen LogP contribution in [-0.2, 0) is 4.79 Å². The average Bonchev–Trinajstić information content (AvgIpc) is 2.88. The normalized spacial score (nSPS) is 26.8. The minimum Gasteiger partial charge on any atom is -0.496 e. The lowest BCUT2D eigenvalue weighted by molar-refractivity contribution is -0.126. The number of aromatic nitrogens is 1. The minimum atomic E-state index is -0.554. The number of ether oxygens (including phenoxy) is 2. The molecule has 1 aliphatic heterocycles. The highest BCUT2D eigenvalue weighted by molar-refractivity contribution is 6.01. The maximum Gasteiger partial charge on any atom is 0.252 e. The Morgan fingerprint density at radius 1 is 1.42 bits per heavy atom. The van der Waals surface area contributed by atoms with Crippen LogP contribution in [0.2, 0.25) is 0 Å². The quantitative estimate of drug-likeness (QED) is 0.846. The molecule has 136 valence electrons. The van der Waals surface area contributed by atoms with Gasteiger partial charge in [-0.3, -0.25) is 9.59 Å². The molecule has 0 radical (unpaired) electrons. The lowest BCUT2D eigenvalue weighted by Crippen LogP contribution is -2.42. The lowest BCUT2D eigenvalue weighted by atomic mass is 9.65. The molecular weight excluding hydrogens is 334 g/mol. The van der Waals surface area contributed by atoms with Gasteiger partial charge in [-0.1, -0.05) is 6.92 Å². The van der Waals surface area contributed by atoms with Crippen LogP contribution >= 0.6 is 0 Å². The highest BCUT2D eigenvalue weighted by atomic mass is 16.5. The fourth-order valence-electron chi connectivity index (χ4n) is 4.23. The van der Waals surface area contributed by atoms with Crippen LogP contribution in [0.5, 0.6) is 11.6 Å². The van der Waals surface area contributed by atoms with Gasteiger partial charge < -0.3 is 20.5 Å². The SMILES string of the molecule is COc1cc2c(OC[C@H]3NC(=O)[C@@H]4C[C@@H](C)[C@H]34)nccc2cc1C(N)=O. The number of nitrogens with one attached hydrogen (secondary N) is 1. The molecule has 4 rings (SSSR count). The Morgan fingerprint density at radius 3 is 2.92 bits per heavy atom. The first-order chi connectivity index (χ1) is 12.5. The summed E-state index contributed by atoms with van der Waals surface area (Å²) in [6, 6.07) is 5.17. The molecule has 7 heteroatoms. The molecule has 1 aromatic carbocycles. The lowest BCUT2D eigenvalue weighted by Gasteiger charge is -2.38. The third-order valence-corrected chi connectivity index (χ3v) is 5.59. The zero-order valence-electron chi connectivity index (χ0n) is 14.7. The van der Waals surface area contributed by atoms with Crippen molar-refractivity contribution in [2.75, 3.05) is 13.7 Å². The number of nitrogens with two attached hydrogens (primary N) is 1. The van der Waals surface area contributed by atoms with Crippen LogP contribution in [0.25, 0.3) is 10.8 Å². The summed E-state index contributed by atoms with van der Waals surface area (Å²) in [6.45, 7) is 2.53. The zero-order chi connectivity index (χ0) is 18.4. The molecule has 1 saturated carbocycles. The number of carbonyl (C=O) groups excluding carboxylic acids is 2. The van der Waals surface area contributed by atoms with Gasteiger partial charge in [0, 0.05) is 17.5 Å². The van der Waals surface area contributed by atoms with Gasteiger partial charge in [-0.2, -0.15) is 0 Å². The molecule has 4 atom stereocenters. The maximum atomic E-state index is 12.0. The smallest absolute Gasteiger partial charge is 0.252 e. The number of pyridine rings is 1. The third kappa shape index (κ3) is 2.55. The molecule has 2 aromatic rings. The first-order valence-corrected chi connectivity index (χ1v) is 8.69. The largest absolute Gasteiger partial charge is 0.496 e. The Balaban J connectivity index is 1.61. The van der Waals surface area contributed by atoms with Crippen molar-refractivity contribution in [2.24, 2.45) is 23.5 Å². The molecule has 1 aliphatic carbocycles. The molecule has 2 aliphatic rings. The van der Waals surface area contributed by atoms with Gasteiger partial charge in [-0.15, -0.1) is 0 Å². The molecule has 0 bridgehead atoms. The van der Waals surface area contributed by atoms with Crippen molar-refractivity contribution in [3.63, 3.8) is 0 Å². The molecule has 2 heterocycles. The molecule has 3 N–H and O–H groups in total. The van der Waals surface area contributed by atoms with Gasteiger partial charge in [0.25, 0.3) is 5.91 Å². The maximum absolute atomic E-state index is 12.0. The second-order valence-corrected chi connectivity index (χ2v) is 7.08. The number of rotatable bonds is 5. The molecule has 1 saturated heterocycles. The van der Waals surface area contributed by atoms with E-state index in [0.717, 1.165) is 17.2 Å². The predicted octanol–water partition coefficient (Wildman–Crippen LogP) is 1.49. The average molecular weight is 355 g/mol. The van der Waals surface area contributed by atoms with E-state index in [0.29, 0.717) is 35.6 Å². The van der Waals surface area contributed by atoms with Gasteiger partial charge >= 0.3 is 0 Å². The molecule has 26 heavy (non-hydrogen) atoms. The van der Waals surface area contributed by atoms with Crippen LogP contribution in [-0.4, -0.2) is 36.6 Å². The van der Waals surface area contributed by atoms with Gasteiger partial charge in [-0.25, -0.2) is 4.98 Å². The summed E-state index contributed by atoms with van der Waals surface area (Å²) in [5, 5.41) is 4.55. The van der Waals surface area contributed by atoms with Crippen LogP contribution in [0, 0.1) is 17.8 Å². The van der Waals surface area contributed by atoms with E-state index in [1.165, 1.54) is 7.11 Å². The standard InChI is InChI=1S/C19H21N3O4/c1-9-5-13-16(9)14(22-18(13)24)8-26-19-11-7-15(25-2)12(17(20)23)6-10(11)3-4-21-19/h3-4,6-7,9,13-14,16H,5,8H2,1-2H3,(H2,20,23)(H,22,24)/t9-,13-,14-,16+/m1/s1. The van der Waals surface area contributed by atoms with E-state index >= 15 is 0 Å². The van der Waals surface area contributed by atoms with Crippen molar-refractivity contribution in [2.45, 2.75) is 19.4 Å². The number of benzene rings is 1. The van der Waals surface area contributed by atoms with Gasteiger partial charge in [0.05, 0.1) is 18.7 Å². The summed E-state index contributed by atoms with van der Waals surface area (Å²) < 4.78 is 11.2. The van der Waals surface area contributed by atoms with E-state index in [1.54, 1.807) is 24.4 Å². The topological polar surface area (TPSA) is 104 Å². The molecule has 2 fully saturated rings. The number of methoxy groups -OCH3 is 1. The van der Waals surface area contributed by atoms with Crippen LogP contribution < -0.4 is 20.5 Å². The number of fused-ring (bicyclic) bond motifs is 2. The highest BCUT2D eigenvalue weighted by Gasteiger charge is 2.52. The molecule has 0 unspecified atom stereocenters. The highest BCUT2D eigenvalue weighted by Crippen LogP contribution is 2.46. The third-order valence-electron chi connectivity index (χ3n) is 5.59. The monoisotopic (exact) mass is 355 g/mol. The van der Waals surface area contributed by atoms with Crippen molar-refractivity contribution in [3.05, 3.63) is 30.0 Å². The Hall–Kier alpha value is -2.83. The Labute approximate surface area is 150 Å². The first kappa shape index (κ1) is 16.6. The molecule has 7 nitrogen and oxygen atoms in total. The summed E-state index contributed by atoms with van der Waals surface area (Å²) in [7, 11) is 1.48. The summed E-state index contributed by atoms with van der Waals surface area (Å²) >= 11 is 0. The van der Waals surface area contributed by atoms with E-state index in [9.17, 15) is 9.59 Å². The van der Waals surface area contributed by atoms with E-state index in [-0.39, 0.29) is 17.9 Å². The second kappa shape index (κ2) is 6.16. The number of carbonyl (C=O) groups is 2. The fraction of sp³-hybridized carbons (Fsp3) is 0.421. The molecule has 2 amide bonds. The van der Waals surface area contributed by atoms with Crippen LogP contribution in [0.1, 0.15) is 23.7 Å². The van der Waals surface area contributed by atoms with Crippen LogP contribution in [0.15, 0.2) is 24.4 Å². The van der Waals surface area contributed by atoms with Crippen LogP contribution in [0.3, 0.4) is 0 Å². The van der Waals surface area contributed by atoms with Crippen molar-refractivity contribution >= 4 is 22.6 Å². The van der Waals surface area contributed by atoms with E-state index < -0.39 is 5.91 Å². The molecular formula is C19H21N3O4. The number of hydrogen-bond donors (Lipinski definition) is 2. The molecule has 1 aromatic heterocycles. The fourth-order valence-corrected chi connectivity index (χ4v) is 4.23.